The highest BCUT2D eigenvalue weighted by Crippen LogP contribution is 2.38. The maximum Gasteiger partial charge on any atom is 0.213 e. The van der Waals surface area contributed by atoms with Crippen molar-refractivity contribution in [2.45, 2.75) is 18.4 Å². The fourth-order valence-corrected chi connectivity index (χ4v) is 2.73. The second kappa shape index (κ2) is 2.77. The van der Waals surface area contributed by atoms with Crippen molar-refractivity contribution in [2.24, 2.45) is 11.7 Å². The Morgan fingerprint density at radius 3 is 2.79 bits per heavy atom. The van der Waals surface area contributed by atoms with Crippen LogP contribution in [0.5, 0.6) is 0 Å². The van der Waals surface area contributed by atoms with Gasteiger partial charge in [0, 0.05) is 6.54 Å². The highest BCUT2D eigenvalue weighted by Gasteiger charge is 2.47. The summed E-state index contributed by atoms with van der Waals surface area (Å²) in [6.45, 7) is 3.21. The standard InChI is InChI=1S/C9H14N4O/c10-9(8-11-6-14-12-8)5-13-3-1-7(9)2-4-13/h6-7H,1-5,10H2. The van der Waals surface area contributed by atoms with Crippen LogP contribution in [0.1, 0.15) is 18.7 Å². The number of fused-ring (bicyclic) bond motifs is 3. The number of nitrogens with zero attached hydrogens (tertiary/aromatic N) is 3. The van der Waals surface area contributed by atoms with Crippen LogP contribution in [-0.2, 0) is 5.54 Å². The topological polar surface area (TPSA) is 68.2 Å². The minimum atomic E-state index is -0.372. The first kappa shape index (κ1) is 8.38. The molecule has 1 aromatic rings. The van der Waals surface area contributed by atoms with Crippen LogP contribution < -0.4 is 5.73 Å². The number of piperidine rings is 3. The zero-order valence-corrected chi connectivity index (χ0v) is 8.02. The third-order valence-electron chi connectivity index (χ3n) is 3.58. The van der Waals surface area contributed by atoms with Crippen LogP contribution in [0.15, 0.2) is 10.9 Å². The average molecular weight is 194 g/mol. The van der Waals surface area contributed by atoms with Crippen LogP contribution in [0.4, 0.5) is 0 Å². The van der Waals surface area contributed by atoms with Gasteiger partial charge in [-0.2, -0.15) is 4.98 Å². The highest BCUT2D eigenvalue weighted by molar-refractivity contribution is 5.11. The number of hydrogen-bond acceptors (Lipinski definition) is 5. The molecule has 3 saturated heterocycles. The lowest BCUT2D eigenvalue weighted by Gasteiger charge is -2.49. The molecule has 2 bridgehead atoms. The molecule has 5 heteroatoms. The second-order valence-electron chi connectivity index (χ2n) is 4.35. The molecule has 0 aromatic carbocycles. The molecule has 0 aliphatic carbocycles. The number of nitrogens with two attached hydrogens (primary N) is 1. The first-order valence-electron chi connectivity index (χ1n) is 5.07. The molecular weight excluding hydrogens is 180 g/mol. The smallest absolute Gasteiger partial charge is 0.213 e. The molecule has 4 heterocycles. The van der Waals surface area contributed by atoms with Gasteiger partial charge in [-0.1, -0.05) is 5.16 Å². The van der Waals surface area contributed by atoms with Crippen molar-refractivity contribution in [3.8, 4) is 0 Å². The second-order valence-corrected chi connectivity index (χ2v) is 4.35. The van der Waals surface area contributed by atoms with Crippen molar-refractivity contribution in [1.29, 1.82) is 0 Å². The van der Waals surface area contributed by atoms with Crippen molar-refractivity contribution in [2.75, 3.05) is 19.6 Å². The Bertz CT molecular complexity index is 318. The third-order valence-corrected chi connectivity index (χ3v) is 3.58. The zero-order valence-electron chi connectivity index (χ0n) is 8.02. The predicted molar refractivity (Wildman–Crippen MR) is 49.3 cm³/mol. The van der Waals surface area contributed by atoms with E-state index in [-0.39, 0.29) is 5.54 Å². The van der Waals surface area contributed by atoms with E-state index in [1.165, 1.54) is 19.5 Å². The lowest BCUT2D eigenvalue weighted by atomic mass is 9.73. The van der Waals surface area contributed by atoms with E-state index in [9.17, 15) is 0 Å². The third kappa shape index (κ3) is 1.02. The molecule has 76 valence electrons. The van der Waals surface area contributed by atoms with Crippen LogP contribution in [0.3, 0.4) is 0 Å². The van der Waals surface area contributed by atoms with E-state index in [2.05, 4.69) is 15.0 Å². The minimum Gasteiger partial charge on any atom is -0.343 e. The summed E-state index contributed by atoms with van der Waals surface area (Å²) in [7, 11) is 0. The highest BCUT2D eigenvalue weighted by atomic mass is 16.5. The Labute approximate surface area is 82.3 Å². The van der Waals surface area contributed by atoms with Crippen LogP contribution in [-0.4, -0.2) is 34.7 Å². The Kier molecular flexibility index (Phi) is 1.66. The van der Waals surface area contributed by atoms with E-state index >= 15 is 0 Å². The zero-order chi connectivity index (χ0) is 9.60. The van der Waals surface area contributed by atoms with Crippen molar-refractivity contribution in [1.82, 2.24) is 15.0 Å². The van der Waals surface area contributed by atoms with Gasteiger partial charge >= 0.3 is 0 Å². The monoisotopic (exact) mass is 194 g/mol. The normalized spacial score (nSPS) is 41.5. The molecule has 1 unspecified atom stereocenters. The van der Waals surface area contributed by atoms with Crippen LogP contribution >= 0.6 is 0 Å². The molecule has 3 aliphatic heterocycles. The molecule has 1 aromatic heterocycles. The van der Waals surface area contributed by atoms with E-state index < -0.39 is 0 Å². The fraction of sp³-hybridized carbons (Fsp3) is 0.778. The Morgan fingerprint density at radius 1 is 1.50 bits per heavy atom. The Balaban J connectivity index is 1.96. The van der Waals surface area contributed by atoms with E-state index in [0.29, 0.717) is 11.7 Å². The van der Waals surface area contributed by atoms with Gasteiger partial charge in [0.05, 0.1) is 5.54 Å². The molecule has 2 N–H and O–H groups in total. The first-order valence-corrected chi connectivity index (χ1v) is 5.07. The summed E-state index contributed by atoms with van der Waals surface area (Å²) in [4.78, 5) is 6.49. The van der Waals surface area contributed by atoms with E-state index in [4.69, 9.17) is 10.3 Å². The molecular formula is C9H14N4O. The predicted octanol–water partition coefficient (Wildman–Crippen LogP) is -0.0508. The summed E-state index contributed by atoms with van der Waals surface area (Å²) in [5.74, 6) is 1.19. The van der Waals surface area contributed by atoms with Crippen molar-refractivity contribution < 1.29 is 4.52 Å². The molecule has 3 aliphatic rings. The van der Waals surface area contributed by atoms with Gasteiger partial charge in [0.25, 0.3) is 0 Å². The van der Waals surface area contributed by atoms with Gasteiger partial charge in [-0.15, -0.1) is 0 Å². The van der Waals surface area contributed by atoms with E-state index in [0.717, 1.165) is 19.4 Å². The van der Waals surface area contributed by atoms with Crippen LogP contribution in [0, 0.1) is 5.92 Å². The lowest BCUT2D eigenvalue weighted by molar-refractivity contribution is 0.0207. The largest absolute Gasteiger partial charge is 0.343 e. The van der Waals surface area contributed by atoms with E-state index in [1.54, 1.807) is 0 Å². The molecule has 0 radical (unpaired) electrons. The molecule has 3 fully saturated rings. The van der Waals surface area contributed by atoms with Crippen LogP contribution in [0.25, 0.3) is 0 Å². The Morgan fingerprint density at radius 2 is 2.29 bits per heavy atom. The average Bonchev–Trinajstić information content (AvgIpc) is 2.72. The molecule has 5 nitrogen and oxygen atoms in total. The van der Waals surface area contributed by atoms with Gasteiger partial charge in [0.15, 0.2) is 5.82 Å². The number of aromatic nitrogens is 2. The maximum atomic E-state index is 6.38. The van der Waals surface area contributed by atoms with Crippen LogP contribution in [0.2, 0.25) is 0 Å². The van der Waals surface area contributed by atoms with Gasteiger partial charge in [0.2, 0.25) is 6.39 Å². The van der Waals surface area contributed by atoms with Crippen molar-refractivity contribution in [3.63, 3.8) is 0 Å². The molecule has 0 saturated carbocycles. The SMILES string of the molecule is NC1(c2ncon2)CN2CCC1CC2. The summed E-state index contributed by atoms with van der Waals surface area (Å²) in [6.07, 6.45) is 3.68. The first-order chi connectivity index (χ1) is 6.79. The molecule has 0 spiro atoms. The molecule has 14 heavy (non-hydrogen) atoms. The van der Waals surface area contributed by atoms with Gasteiger partial charge in [-0.25, -0.2) is 0 Å². The fourth-order valence-electron chi connectivity index (χ4n) is 2.73. The summed E-state index contributed by atoms with van der Waals surface area (Å²) in [5, 5.41) is 3.89. The lowest BCUT2D eigenvalue weighted by Crippen LogP contribution is -2.62. The van der Waals surface area contributed by atoms with Crippen molar-refractivity contribution >= 4 is 0 Å². The molecule has 4 rings (SSSR count). The molecule has 1 atom stereocenters. The van der Waals surface area contributed by atoms with Gasteiger partial charge in [0.1, 0.15) is 0 Å². The van der Waals surface area contributed by atoms with Gasteiger partial charge in [-0.3, -0.25) is 0 Å². The van der Waals surface area contributed by atoms with Crippen molar-refractivity contribution in [3.05, 3.63) is 12.2 Å². The molecule has 0 amide bonds. The summed E-state index contributed by atoms with van der Waals surface area (Å²) >= 11 is 0. The number of rotatable bonds is 1. The summed E-state index contributed by atoms with van der Waals surface area (Å²) < 4.78 is 4.78. The quantitative estimate of drug-likeness (QED) is 0.678. The van der Waals surface area contributed by atoms with E-state index in [1.807, 2.05) is 0 Å². The maximum absolute atomic E-state index is 6.38. The number of hydrogen-bond donors (Lipinski definition) is 1. The Hall–Kier alpha value is -0.940. The van der Waals surface area contributed by atoms with Gasteiger partial charge in [-0.05, 0) is 31.8 Å². The summed E-state index contributed by atoms with van der Waals surface area (Å²) in [6, 6.07) is 0. The van der Waals surface area contributed by atoms with Gasteiger partial charge < -0.3 is 15.2 Å². The minimum absolute atomic E-state index is 0.372. The summed E-state index contributed by atoms with van der Waals surface area (Å²) in [5.41, 5.74) is 6.01.